The van der Waals surface area contributed by atoms with E-state index in [1.807, 2.05) is 25.1 Å². The summed E-state index contributed by atoms with van der Waals surface area (Å²) >= 11 is 5.29. The van der Waals surface area contributed by atoms with Gasteiger partial charge < -0.3 is 0 Å². The average molecular weight is 326 g/mol. The van der Waals surface area contributed by atoms with E-state index in [0.29, 0.717) is 0 Å². The molecule has 1 aromatic heterocycles. The zero-order valence-corrected chi connectivity index (χ0v) is 12.8. The molecule has 0 amide bonds. The van der Waals surface area contributed by atoms with E-state index in [0.717, 1.165) is 27.2 Å². The van der Waals surface area contributed by atoms with E-state index >= 15 is 0 Å². The van der Waals surface area contributed by atoms with E-state index in [4.69, 9.17) is 5.84 Å². The number of rotatable bonds is 4. The molecule has 0 fully saturated rings. The predicted molar refractivity (Wildman–Crippen MR) is 79.5 cm³/mol. The van der Waals surface area contributed by atoms with Gasteiger partial charge in [-0.1, -0.05) is 34.1 Å². The van der Waals surface area contributed by atoms with Gasteiger partial charge in [-0.15, -0.1) is 11.3 Å². The average Bonchev–Trinajstić information content (AvgIpc) is 2.66. The number of benzene rings is 1. The lowest BCUT2D eigenvalue weighted by atomic mass is 10.1. The van der Waals surface area contributed by atoms with Crippen molar-refractivity contribution in [2.24, 2.45) is 5.84 Å². The van der Waals surface area contributed by atoms with Crippen molar-refractivity contribution in [1.82, 2.24) is 10.4 Å². The summed E-state index contributed by atoms with van der Waals surface area (Å²) in [6, 6.07) is 8.19. The van der Waals surface area contributed by atoms with Crippen LogP contribution in [0.5, 0.6) is 0 Å². The maximum atomic E-state index is 5.67. The Morgan fingerprint density at radius 2 is 2.11 bits per heavy atom. The highest BCUT2D eigenvalue weighted by molar-refractivity contribution is 9.10. The standard InChI is InChI=1S/C13H16BrN3S/c1-8-9(2)18-13(16-8)7-12(17-15)10-5-3-4-6-11(10)14/h3-6,12,17H,7,15H2,1-2H3. The predicted octanol–water partition coefficient (Wildman–Crippen LogP) is 3.27. The van der Waals surface area contributed by atoms with Crippen LogP contribution in [-0.2, 0) is 6.42 Å². The van der Waals surface area contributed by atoms with Crippen LogP contribution in [-0.4, -0.2) is 4.98 Å². The van der Waals surface area contributed by atoms with Crippen LogP contribution >= 0.6 is 27.3 Å². The summed E-state index contributed by atoms with van der Waals surface area (Å²) in [7, 11) is 0. The van der Waals surface area contributed by atoms with Crippen molar-refractivity contribution < 1.29 is 0 Å². The van der Waals surface area contributed by atoms with Crippen LogP contribution < -0.4 is 11.3 Å². The maximum absolute atomic E-state index is 5.67. The van der Waals surface area contributed by atoms with E-state index < -0.39 is 0 Å². The smallest absolute Gasteiger partial charge is 0.0950 e. The monoisotopic (exact) mass is 325 g/mol. The van der Waals surface area contributed by atoms with E-state index in [1.54, 1.807) is 11.3 Å². The molecule has 1 aromatic carbocycles. The van der Waals surface area contributed by atoms with Crippen molar-refractivity contribution in [3.63, 3.8) is 0 Å². The minimum absolute atomic E-state index is 0.0746. The first-order valence-corrected chi connectivity index (χ1v) is 7.36. The third kappa shape index (κ3) is 2.98. The van der Waals surface area contributed by atoms with Crippen LogP contribution in [0.1, 0.15) is 27.2 Å². The molecular weight excluding hydrogens is 310 g/mol. The topological polar surface area (TPSA) is 50.9 Å². The van der Waals surface area contributed by atoms with Crippen molar-refractivity contribution >= 4 is 27.3 Å². The molecule has 1 atom stereocenters. The Labute approximate surface area is 120 Å². The van der Waals surface area contributed by atoms with E-state index in [-0.39, 0.29) is 6.04 Å². The molecule has 1 unspecified atom stereocenters. The van der Waals surface area contributed by atoms with Crippen molar-refractivity contribution in [1.29, 1.82) is 0 Å². The third-order valence-corrected chi connectivity index (χ3v) is 4.75. The highest BCUT2D eigenvalue weighted by Gasteiger charge is 2.15. The van der Waals surface area contributed by atoms with Crippen LogP contribution in [0.4, 0.5) is 0 Å². The second kappa shape index (κ2) is 5.93. The molecule has 0 spiro atoms. The first-order valence-electron chi connectivity index (χ1n) is 5.75. The van der Waals surface area contributed by atoms with Crippen LogP contribution in [0, 0.1) is 13.8 Å². The highest BCUT2D eigenvalue weighted by Crippen LogP contribution is 2.27. The Bertz CT molecular complexity index is 519. The fraction of sp³-hybridized carbons (Fsp3) is 0.308. The summed E-state index contributed by atoms with van der Waals surface area (Å²) < 4.78 is 1.07. The number of nitrogens with two attached hydrogens (primary N) is 1. The molecule has 0 radical (unpaired) electrons. The summed E-state index contributed by atoms with van der Waals surface area (Å²) in [6.07, 6.45) is 0.804. The number of hydrogen-bond donors (Lipinski definition) is 2. The van der Waals surface area contributed by atoms with Gasteiger partial charge in [0.1, 0.15) is 0 Å². The first-order chi connectivity index (χ1) is 8.61. The summed E-state index contributed by atoms with van der Waals surface area (Å²) in [5.74, 6) is 5.67. The normalized spacial score (nSPS) is 12.7. The fourth-order valence-electron chi connectivity index (χ4n) is 1.82. The quantitative estimate of drug-likeness (QED) is 0.670. The second-order valence-corrected chi connectivity index (χ2v) is 6.34. The van der Waals surface area contributed by atoms with Crippen LogP contribution in [0.25, 0.3) is 0 Å². The molecule has 3 nitrogen and oxygen atoms in total. The van der Waals surface area contributed by atoms with Gasteiger partial charge in [0.05, 0.1) is 16.7 Å². The number of thiazole rings is 1. The number of nitrogens with zero attached hydrogens (tertiary/aromatic N) is 1. The largest absolute Gasteiger partial charge is 0.271 e. The molecule has 0 bridgehead atoms. The van der Waals surface area contributed by atoms with Crippen molar-refractivity contribution in [3.05, 3.63) is 49.9 Å². The van der Waals surface area contributed by atoms with Crippen LogP contribution in [0.2, 0.25) is 0 Å². The Balaban J connectivity index is 2.22. The first kappa shape index (κ1) is 13.7. The third-order valence-electron chi connectivity index (χ3n) is 2.93. The van der Waals surface area contributed by atoms with Gasteiger partial charge in [-0.3, -0.25) is 11.3 Å². The van der Waals surface area contributed by atoms with Crippen molar-refractivity contribution in [2.45, 2.75) is 26.3 Å². The van der Waals surface area contributed by atoms with E-state index in [1.165, 1.54) is 4.88 Å². The summed E-state index contributed by atoms with van der Waals surface area (Å²) in [4.78, 5) is 5.83. The lowest BCUT2D eigenvalue weighted by Crippen LogP contribution is -2.29. The van der Waals surface area contributed by atoms with Crippen molar-refractivity contribution in [3.8, 4) is 0 Å². The summed E-state index contributed by atoms with van der Waals surface area (Å²) in [5.41, 5.74) is 5.14. The van der Waals surface area contributed by atoms with Gasteiger partial charge >= 0.3 is 0 Å². The lowest BCUT2D eigenvalue weighted by molar-refractivity contribution is 0.548. The Morgan fingerprint density at radius 1 is 1.39 bits per heavy atom. The maximum Gasteiger partial charge on any atom is 0.0950 e. The van der Waals surface area contributed by atoms with Crippen LogP contribution in [0.15, 0.2) is 28.7 Å². The Kier molecular flexibility index (Phi) is 4.50. The molecule has 0 aliphatic heterocycles. The molecular formula is C13H16BrN3S. The molecule has 0 aliphatic rings. The van der Waals surface area contributed by atoms with E-state index in [2.05, 4.69) is 39.3 Å². The van der Waals surface area contributed by atoms with Gasteiger partial charge in [-0.2, -0.15) is 0 Å². The Hall–Kier alpha value is -0.750. The van der Waals surface area contributed by atoms with Gasteiger partial charge in [0.2, 0.25) is 0 Å². The second-order valence-electron chi connectivity index (χ2n) is 4.19. The molecule has 0 saturated heterocycles. The number of aryl methyl sites for hydroxylation is 2. The van der Waals surface area contributed by atoms with Gasteiger partial charge in [-0.05, 0) is 25.5 Å². The number of nitrogens with one attached hydrogen (secondary N) is 1. The zero-order chi connectivity index (χ0) is 13.1. The number of hydrogen-bond acceptors (Lipinski definition) is 4. The minimum atomic E-state index is 0.0746. The van der Waals surface area contributed by atoms with Gasteiger partial charge in [0.25, 0.3) is 0 Å². The molecule has 18 heavy (non-hydrogen) atoms. The summed E-state index contributed by atoms with van der Waals surface area (Å²) in [6.45, 7) is 4.14. The number of aromatic nitrogens is 1. The molecule has 5 heteroatoms. The summed E-state index contributed by atoms with van der Waals surface area (Å²) in [5, 5.41) is 1.11. The number of halogens is 1. The fourth-order valence-corrected chi connectivity index (χ4v) is 3.36. The zero-order valence-electron chi connectivity index (χ0n) is 10.4. The Morgan fingerprint density at radius 3 is 2.67 bits per heavy atom. The lowest BCUT2D eigenvalue weighted by Gasteiger charge is -2.16. The molecule has 2 aromatic rings. The SMILES string of the molecule is Cc1nc(CC(NN)c2ccccc2Br)sc1C. The molecule has 0 saturated carbocycles. The number of hydrazine groups is 1. The molecule has 3 N–H and O–H groups in total. The highest BCUT2D eigenvalue weighted by atomic mass is 79.9. The molecule has 96 valence electrons. The molecule has 0 aliphatic carbocycles. The molecule has 1 heterocycles. The minimum Gasteiger partial charge on any atom is -0.271 e. The van der Waals surface area contributed by atoms with E-state index in [9.17, 15) is 0 Å². The van der Waals surface area contributed by atoms with Gasteiger partial charge in [-0.25, -0.2) is 4.98 Å². The molecule has 2 rings (SSSR count). The van der Waals surface area contributed by atoms with Crippen LogP contribution in [0.3, 0.4) is 0 Å². The van der Waals surface area contributed by atoms with Gasteiger partial charge in [0, 0.05) is 15.8 Å². The van der Waals surface area contributed by atoms with Crippen molar-refractivity contribution in [2.75, 3.05) is 0 Å². The van der Waals surface area contributed by atoms with Gasteiger partial charge in [0.15, 0.2) is 0 Å².